The Morgan fingerprint density at radius 1 is 1.09 bits per heavy atom. The molecule has 1 aromatic heterocycles. The smallest absolute Gasteiger partial charge is 0.243 e. The third-order valence-electron chi connectivity index (χ3n) is 4.79. The Hall–Kier alpha value is -3.17. The standard InChI is InChI=1S/C23H27N3O5S/c1-15(2)13-20(26-32(28,29)19-11-5-16(3)6-12-19)23(27)24-22-14-21(31-25-22)17-7-9-18(30-4)10-8-17/h5-12,14-15,20,26H,13H2,1-4H3,(H,24,25,27). The van der Waals surface area contributed by atoms with Crippen LogP contribution in [0.2, 0.25) is 0 Å². The van der Waals surface area contributed by atoms with Crippen molar-refractivity contribution in [2.24, 2.45) is 5.92 Å². The first-order valence-corrected chi connectivity index (χ1v) is 11.7. The lowest BCUT2D eigenvalue weighted by Crippen LogP contribution is -2.44. The lowest BCUT2D eigenvalue weighted by Gasteiger charge is -2.19. The first-order chi connectivity index (χ1) is 15.2. The van der Waals surface area contributed by atoms with Crippen LogP contribution in [0.15, 0.2) is 64.0 Å². The highest BCUT2D eigenvalue weighted by Crippen LogP contribution is 2.25. The van der Waals surface area contributed by atoms with E-state index in [0.29, 0.717) is 17.9 Å². The molecular weight excluding hydrogens is 430 g/mol. The Bertz CT molecular complexity index is 1150. The number of anilines is 1. The second-order valence-electron chi connectivity index (χ2n) is 7.91. The summed E-state index contributed by atoms with van der Waals surface area (Å²) >= 11 is 0. The maximum atomic E-state index is 12.9. The Morgan fingerprint density at radius 3 is 2.34 bits per heavy atom. The zero-order valence-electron chi connectivity index (χ0n) is 18.5. The van der Waals surface area contributed by atoms with Crippen molar-refractivity contribution in [2.75, 3.05) is 12.4 Å². The van der Waals surface area contributed by atoms with Gasteiger partial charge in [-0.1, -0.05) is 36.7 Å². The number of benzene rings is 2. The van der Waals surface area contributed by atoms with Crippen molar-refractivity contribution in [3.8, 4) is 17.1 Å². The van der Waals surface area contributed by atoms with Crippen LogP contribution in [0, 0.1) is 12.8 Å². The van der Waals surface area contributed by atoms with E-state index in [2.05, 4.69) is 15.2 Å². The van der Waals surface area contributed by atoms with E-state index in [9.17, 15) is 13.2 Å². The van der Waals surface area contributed by atoms with Gasteiger partial charge in [0, 0.05) is 11.6 Å². The summed E-state index contributed by atoms with van der Waals surface area (Å²) in [6.07, 6.45) is 0.320. The van der Waals surface area contributed by atoms with Crippen LogP contribution in [-0.4, -0.2) is 32.6 Å². The molecule has 8 nitrogen and oxygen atoms in total. The molecule has 0 radical (unpaired) electrons. The van der Waals surface area contributed by atoms with Crippen molar-refractivity contribution in [2.45, 2.75) is 38.1 Å². The van der Waals surface area contributed by atoms with Crippen molar-refractivity contribution in [3.05, 3.63) is 60.2 Å². The number of nitrogens with one attached hydrogen (secondary N) is 2. The largest absolute Gasteiger partial charge is 0.497 e. The zero-order valence-corrected chi connectivity index (χ0v) is 19.3. The maximum absolute atomic E-state index is 12.9. The average Bonchev–Trinajstić information content (AvgIpc) is 3.21. The van der Waals surface area contributed by atoms with E-state index >= 15 is 0 Å². The molecule has 1 atom stereocenters. The Balaban J connectivity index is 1.75. The molecule has 0 aliphatic rings. The molecule has 170 valence electrons. The lowest BCUT2D eigenvalue weighted by molar-refractivity contribution is -0.118. The highest BCUT2D eigenvalue weighted by molar-refractivity contribution is 7.89. The minimum Gasteiger partial charge on any atom is -0.497 e. The second kappa shape index (κ2) is 9.97. The van der Waals surface area contributed by atoms with Crippen molar-refractivity contribution in [1.82, 2.24) is 9.88 Å². The van der Waals surface area contributed by atoms with Gasteiger partial charge in [0.05, 0.1) is 12.0 Å². The molecule has 1 amide bonds. The molecule has 3 rings (SSSR count). The second-order valence-corrected chi connectivity index (χ2v) is 9.62. The molecule has 9 heteroatoms. The van der Waals surface area contributed by atoms with Crippen LogP contribution in [0.5, 0.6) is 5.75 Å². The molecule has 1 unspecified atom stereocenters. The summed E-state index contributed by atoms with van der Waals surface area (Å²) in [5, 5.41) is 6.53. The van der Waals surface area contributed by atoms with E-state index in [1.165, 1.54) is 12.1 Å². The van der Waals surface area contributed by atoms with Gasteiger partial charge in [0.2, 0.25) is 15.9 Å². The van der Waals surface area contributed by atoms with Gasteiger partial charge in [-0.05, 0) is 55.7 Å². The molecule has 0 bridgehead atoms. The van der Waals surface area contributed by atoms with Crippen LogP contribution >= 0.6 is 0 Å². The SMILES string of the molecule is COc1ccc(-c2cc(NC(=O)C(CC(C)C)NS(=O)(=O)c3ccc(C)cc3)no2)cc1. The number of sulfonamides is 1. The predicted octanol–water partition coefficient (Wildman–Crippen LogP) is 3.99. The Labute approximate surface area is 188 Å². The number of carbonyl (C=O) groups is 1. The molecular formula is C23H27N3O5S. The number of aromatic nitrogens is 1. The first kappa shape index (κ1) is 23.5. The summed E-state index contributed by atoms with van der Waals surface area (Å²) in [5.41, 5.74) is 1.71. The Kier molecular flexibility index (Phi) is 7.32. The first-order valence-electron chi connectivity index (χ1n) is 10.2. The normalized spacial score (nSPS) is 12.5. The fourth-order valence-corrected chi connectivity index (χ4v) is 4.30. The van der Waals surface area contributed by atoms with Crippen molar-refractivity contribution >= 4 is 21.7 Å². The van der Waals surface area contributed by atoms with E-state index in [-0.39, 0.29) is 16.6 Å². The van der Waals surface area contributed by atoms with Crippen LogP contribution in [0.3, 0.4) is 0 Å². The molecule has 3 aromatic rings. The van der Waals surface area contributed by atoms with Gasteiger partial charge in [-0.2, -0.15) is 4.72 Å². The average molecular weight is 458 g/mol. The van der Waals surface area contributed by atoms with Gasteiger partial charge in [-0.3, -0.25) is 4.79 Å². The summed E-state index contributed by atoms with van der Waals surface area (Å²) in [6.45, 7) is 5.70. The fourth-order valence-electron chi connectivity index (χ4n) is 3.09. The molecule has 0 spiro atoms. The van der Waals surface area contributed by atoms with Crippen LogP contribution < -0.4 is 14.8 Å². The fraction of sp³-hybridized carbons (Fsp3) is 0.304. The Morgan fingerprint density at radius 2 is 1.75 bits per heavy atom. The molecule has 0 aliphatic carbocycles. The van der Waals surface area contributed by atoms with Crippen molar-refractivity contribution in [1.29, 1.82) is 0 Å². The minimum atomic E-state index is -3.87. The highest BCUT2D eigenvalue weighted by Gasteiger charge is 2.27. The van der Waals surface area contributed by atoms with Gasteiger partial charge in [0.25, 0.3) is 0 Å². The summed E-state index contributed by atoms with van der Waals surface area (Å²) in [7, 11) is -2.29. The minimum absolute atomic E-state index is 0.0821. The summed E-state index contributed by atoms with van der Waals surface area (Å²) in [6, 6.07) is 14.3. The van der Waals surface area contributed by atoms with Gasteiger partial charge < -0.3 is 14.6 Å². The molecule has 0 saturated heterocycles. The van der Waals surface area contributed by atoms with Crippen LogP contribution in [-0.2, 0) is 14.8 Å². The lowest BCUT2D eigenvalue weighted by atomic mass is 10.0. The number of amides is 1. The number of ether oxygens (including phenoxy) is 1. The number of hydrogen-bond acceptors (Lipinski definition) is 6. The summed E-state index contributed by atoms with van der Waals surface area (Å²) in [5.74, 6) is 0.939. The predicted molar refractivity (Wildman–Crippen MR) is 122 cm³/mol. The van der Waals surface area contributed by atoms with Crippen molar-refractivity contribution in [3.63, 3.8) is 0 Å². The van der Waals surface area contributed by atoms with E-state index < -0.39 is 22.0 Å². The highest BCUT2D eigenvalue weighted by atomic mass is 32.2. The summed E-state index contributed by atoms with van der Waals surface area (Å²) in [4.78, 5) is 13.0. The number of nitrogens with zero attached hydrogens (tertiary/aromatic N) is 1. The summed E-state index contributed by atoms with van der Waals surface area (Å²) < 4.78 is 38.6. The number of carbonyl (C=O) groups excluding carboxylic acids is 1. The van der Waals surface area contributed by atoms with Gasteiger partial charge in [0.15, 0.2) is 11.6 Å². The number of hydrogen-bond donors (Lipinski definition) is 2. The molecule has 32 heavy (non-hydrogen) atoms. The third kappa shape index (κ3) is 5.95. The van der Waals surface area contributed by atoms with E-state index in [1.54, 1.807) is 37.4 Å². The van der Waals surface area contributed by atoms with Crippen LogP contribution in [0.1, 0.15) is 25.8 Å². The van der Waals surface area contributed by atoms with E-state index in [1.807, 2.05) is 32.9 Å². The van der Waals surface area contributed by atoms with Gasteiger partial charge >= 0.3 is 0 Å². The maximum Gasteiger partial charge on any atom is 0.243 e. The van der Waals surface area contributed by atoms with Gasteiger partial charge in [0.1, 0.15) is 11.8 Å². The number of rotatable bonds is 9. The molecule has 0 fully saturated rings. The molecule has 0 saturated carbocycles. The number of aryl methyl sites for hydroxylation is 1. The van der Waals surface area contributed by atoms with Crippen LogP contribution in [0.25, 0.3) is 11.3 Å². The number of methoxy groups -OCH3 is 1. The van der Waals surface area contributed by atoms with Gasteiger partial charge in [-0.15, -0.1) is 0 Å². The zero-order chi connectivity index (χ0) is 23.3. The van der Waals surface area contributed by atoms with Crippen LogP contribution in [0.4, 0.5) is 5.82 Å². The quantitative estimate of drug-likeness (QED) is 0.503. The molecule has 2 N–H and O–H groups in total. The topological polar surface area (TPSA) is 111 Å². The van der Waals surface area contributed by atoms with E-state index in [0.717, 1.165) is 11.1 Å². The monoisotopic (exact) mass is 457 g/mol. The molecule has 2 aromatic carbocycles. The van der Waals surface area contributed by atoms with Crippen molar-refractivity contribution < 1.29 is 22.5 Å². The van der Waals surface area contributed by atoms with E-state index in [4.69, 9.17) is 9.26 Å². The van der Waals surface area contributed by atoms with Gasteiger partial charge in [-0.25, -0.2) is 8.42 Å². The third-order valence-corrected chi connectivity index (χ3v) is 6.28. The molecule has 1 heterocycles. The molecule has 0 aliphatic heterocycles.